The van der Waals surface area contributed by atoms with Crippen LogP contribution in [0.15, 0.2) is 24.4 Å². The van der Waals surface area contributed by atoms with Crippen LogP contribution in [0.4, 0.5) is 0 Å². The number of phenolic OH excluding ortho intramolecular Hbond substituents is 1. The van der Waals surface area contributed by atoms with Gasteiger partial charge < -0.3 is 5.11 Å². The topological polar surface area (TPSA) is 33.1 Å². The summed E-state index contributed by atoms with van der Waals surface area (Å²) in [6, 6.07) is 5.37. The van der Waals surface area contributed by atoms with Crippen molar-refractivity contribution in [2.75, 3.05) is 0 Å². The Kier molecular flexibility index (Phi) is 3.92. The molecule has 0 saturated carbocycles. The van der Waals surface area contributed by atoms with Crippen molar-refractivity contribution in [2.45, 2.75) is 20.8 Å². The third-order valence-corrected chi connectivity index (χ3v) is 2.32. The Morgan fingerprint density at radius 3 is 2.67 bits per heavy atom. The third-order valence-electron chi connectivity index (χ3n) is 2.01. The molecule has 0 aliphatic carbocycles. The number of aryl methyl sites for hydroxylation is 1. The van der Waals surface area contributed by atoms with Gasteiger partial charge in [0.25, 0.3) is 0 Å². The van der Waals surface area contributed by atoms with E-state index >= 15 is 0 Å². The lowest BCUT2D eigenvalue weighted by Crippen LogP contribution is -1.83. The highest BCUT2D eigenvalue weighted by Crippen LogP contribution is 2.31. The Bertz CT molecular complexity index is 468. The molecule has 1 heterocycles. The van der Waals surface area contributed by atoms with Crippen molar-refractivity contribution >= 4 is 22.5 Å². The molecule has 0 unspecified atom stereocenters. The van der Waals surface area contributed by atoms with Crippen LogP contribution in [0.3, 0.4) is 0 Å². The van der Waals surface area contributed by atoms with Gasteiger partial charge in [-0.25, -0.2) is 0 Å². The van der Waals surface area contributed by atoms with E-state index in [1.54, 1.807) is 25.3 Å². The first-order valence-electron chi connectivity index (χ1n) is 4.93. The van der Waals surface area contributed by atoms with Crippen molar-refractivity contribution in [1.82, 2.24) is 4.98 Å². The van der Waals surface area contributed by atoms with Crippen molar-refractivity contribution in [3.05, 3.63) is 35.0 Å². The zero-order valence-corrected chi connectivity index (χ0v) is 9.84. The summed E-state index contributed by atoms with van der Waals surface area (Å²) in [4.78, 5) is 4.07. The standard InChI is InChI=1S/C10H8ClNO.C2H6/c1-6-5-8(11)7-3-2-4-12-9(7)10(6)13;1-2/h2-5,13H,1H3;1-2H3. The fourth-order valence-corrected chi connectivity index (χ4v) is 1.63. The second-order valence-corrected chi connectivity index (χ2v) is 3.33. The van der Waals surface area contributed by atoms with Crippen LogP contribution in [0.25, 0.3) is 10.9 Å². The summed E-state index contributed by atoms with van der Waals surface area (Å²) in [5, 5.41) is 11.1. The van der Waals surface area contributed by atoms with E-state index in [-0.39, 0.29) is 5.75 Å². The molecule has 0 saturated heterocycles. The number of hydrogen-bond donors (Lipinski definition) is 1. The van der Waals surface area contributed by atoms with E-state index in [9.17, 15) is 5.11 Å². The van der Waals surface area contributed by atoms with E-state index in [1.807, 2.05) is 19.9 Å². The maximum atomic E-state index is 9.66. The quantitative estimate of drug-likeness (QED) is 0.734. The highest BCUT2D eigenvalue weighted by molar-refractivity contribution is 6.35. The Hall–Kier alpha value is -1.28. The molecule has 2 rings (SSSR count). The normalized spacial score (nSPS) is 9.60. The zero-order valence-electron chi connectivity index (χ0n) is 9.08. The molecule has 1 N–H and O–H groups in total. The maximum Gasteiger partial charge on any atom is 0.144 e. The minimum atomic E-state index is 0.208. The van der Waals surface area contributed by atoms with Crippen LogP contribution in [0, 0.1) is 6.92 Å². The maximum absolute atomic E-state index is 9.66. The summed E-state index contributed by atoms with van der Waals surface area (Å²) in [5.41, 5.74) is 1.31. The molecule has 0 radical (unpaired) electrons. The van der Waals surface area contributed by atoms with Crippen LogP contribution >= 0.6 is 11.6 Å². The lowest BCUT2D eigenvalue weighted by Gasteiger charge is -2.04. The van der Waals surface area contributed by atoms with Gasteiger partial charge in [0.2, 0.25) is 0 Å². The van der Waals surface area contributed by atoms with E-state index in [2.05, 4.69) is 4.98 Å². The summed E-state index contributed by atoms with van der Waals surface area (Å²) in [5.74, 6) is 0.208. The number of nitrogens with zero attached hydrogens (tertiary/aromatic N) is 1. The Balaban J connectivity index is 0.000000531. The SMILES string of the molecule is CC.Cc1cc(Cl)c2cccnc2c1O. The largest absolute Gasteiger partial charge is 0.505 e. The molecular weight excluding hydrogens is 210 g/mol. The van der Waals surface area contributed by atoms with Crippen LogP contribution in [0.5, 0.6) is 5.75 Å². The number of pyridine rings is 1. The minimum absolute atomic E-state index is 0.208. The van der Waals surface area contributed by atoms with Crippen LogP contribution in [-0.2, 0) is 0 Å². The van der Waals surface area contributed by atoms with Crippen LogP contribution in [0.1, 0.15) is 19.4 Å². The number of hydrogen-bond acceptors (Lipinski definition) is 2. The van der Waals surface area contributed by atoms with Gasteiger partial charge in [-0.2, -0.15) is 0 Å². The van der Waals surface area contributed by atoms with E-state index in [1.165, 1.54) is 0 Å². The molecule has 0 atom stereocenters. The van der Waals surface area contributed by atoms with E-state index in [0.29, 0.717) is 10.5 Å². The smallest absolute Gasteiger partial charge is 0.144 e. The lowest BCUT2D eigenvalue weighted by atomic mass is 10.1. The first-order valence-corrected chi connectivity index (χ1v) is 5.31. The van der Waals surface area contributed by atoms with Crippen molar-refractivity contribution < 1.29 is 5.11 Å². The molecule has 1 aromatic heterocycles. The first kappa shape index (κ1) is 11.8. The predicted octanol–water partition coefficient (Wildman–Crippen LogP) is 3.93. The van der Waals surface area contributed by atoms with Gasteiger partial charge in [-0.05, 0) is 30.7 Å². The highest BCUT2D eigenvalue weighted by Gasteiger charge is 2.07. The summed E-state index contributed by atoms with van der Waals surface area (Å²) in [7, 11) is 0. The second-order valence-electron chi connectivity index (χ2n) is 2.92. The molecule has 0 bridgehead atoms. The number of rotatable bonds is 0. The second kappa shape index (κ2) is 4.99. The molecule has 3 heteroatoms. The number of fused-ring (bicyclic) bond motifs is 1. The van der Waals surface area contributed by atoms with E-state index in [0.717, 1.165) is 10.9 Å². The molecule has 1 aromatic carbocycles. The average molecular weight is 224 g/mol. The summed E-state index contributed by atoms with van der Waals surface area (Å²) in [6.45, 7) is 5.80. The number of halogens is 1. The van der Waals surface area contributed by atoms with Crippen LogP contribution in [-0.4, -0.2) is 10.1 Å². The molecule has 2 nitrogen and oxygen atoms in total. The Labute approximate surface area is 94.5 Å². The highest BCUT2D eigenvalue weighted by atomic mass is 35.5. The number of aromatic hydroxyl groups is 1. The van der Waals surface area contributed by atoms with Gasteiger partial charge in [0.15, 0.2) is 0 Å². The van der Waals surface area contributed by atoms with Gasteiger partial charge in [0.1, 0.15) is 11.3 Å². The predicted molar refractivity (Wildman–Crippen MR) is 64.5 cm³/mol. The number of phenols is 1. The molecule has 80 valence electrons. The van der Waals surface area contributed by atoms with Crippen molar-refractivity contribution in [2.24, 2.45) is 0 Å². The number of aromatic nitrogens is 1. The van der Waals surface area contributed by atoms with E-state index in [4.69, 9.17) is 11.6 Å². The van der Waals surface area contributed by atoms with Gasteiger partial charge in [-0.1, -0.05) is 25.4 Å². The Morgan fingerprint density at radius 2 is 2.00 bits per heavy atom. The van der Waals surface area contributed by atoms with Crippen LogP contribution < -0.4 is 0 Å². The van der Waals surface area contributed by atoms with Gasteiger partial charge >= 0.3 is 0 Å². The summed E-state index contributed by atoms with van der Waals surface area (Å²) in [6.07, 6.45) is 1.64. The molecule has 2 aromatic rings. The molecule has 0 aliphatic rings. The monoisotopic (exact) mass is 223 g/mol. The third kappa shape index (κ3) is 2.21. The van der Waals surface area contributed by atoms with Gasteiger partial charge in [0, 0.05) is 11.6 Å². The van der Waals surface area contributed by atoms with E-state index < -0.39 is 0 Å². The van der Waals surface area contributed by atoms with Crippen LogP contribution in [0.2, 0.25) is 5.02 Å². The summed E-state index contributed by atoms with van der Waals surface area (Å²) >= 11 is 5.98. The average Bonchev–Trinajstić information content (AvgIpc) is 2.29. The number of benzene rings is 1. The van der Waals surface area contributed by atoms with Crippen molar-refractivity contribution in [1.29, 1.82) is 0 Å². The van der Waals surface area contributed by atoms with Gasteiger partial charge in [-0.15, -0.1) is 0 Å². The van der Waals surface area contributed by atoms with Crippen molar-refractivity contribution in [3.63, 3.8) is 0 Å². The summed E-state index contributed by atoms with van der Waals surface area (Å²) < 4.78 is 0. The molecule has 15 heavy (non-hydrogen) atoms. The Morgan fingerprint density at radius 1 is 1.33 bits per heavy atom. The van der Waals surface area contributed by atoms with Gasteiger partial charge in [-0.3, -0.25) is 4.98 Å². The molecular formula is C12H14ClNO. The fraction of sp³-hybridized carbons (Fsp3) is 0.250. The first-order chi connectivity index (χ1) is 7.20. The molecule has 0 fully saturated rings. The van der Waals surface area contributed by atoms with Gasteiger partial charge in [0.05, 0.1) is 5.02 Å². The lowest BCUT2D eigenvalue weighted by molar-refractivity contribution is 0.476. The minimum Gasteiger partial charge on any atom is -0.505 e. The fourth-order valence-electron chi connectivity index (χ4n) is 1.31. The molecule has 0 spiro atoms. The molecule has 0 aliphatic heterocycles. The molecule has 0 amide bonds. The zero-order chi connectivity index (χ0) is 11.4. The van der Waals surface area contributed by atoms with Crippen molar-refractivity contribution in [3.8, 4) is 5.75 Å².